The molecule has 0 radical (unpaired) electrons. The van der Waals surface area contributed by atoms with Crippen LogP contribution in [0.4, 0.5) is 23.1 Å². The van der Waals surface area contributed by atoms with Crippen molar-refractivity contribution in [2.75, 3.05) is 17.7 Å². The van der Waals surface area contributed by atoms with E-state index in [1.165, 1.54) is 5.56 Å². The summed E-state index contributed by atoms with van der Waals surface area (Å²) >= 11 is 0. The molecule has 0 spiro atoms. The highest BCUT2D eigenvalue weighted by molar-refractivity contribution is 6.03. The Hall–Kier alpha value is -3.41. The second-order valence-corrected chi connectivity index (χ2v) is 7.62. The molecule has 0 amide bonds. The van der Waals surface area contributed by atoms with E-state index < -0.39 is 0 Å². The summed E-state index contributed by atoms with van der Waals surface area (Å²) in [6.45, 7) is 4.19. The van der Waals surface area contributed by atoms with Crippen LogP contribution in [-0.4, -0.2) is 22.9 Å². The number of hydrogen-bond donors (Lipinski definition) is 2. The summed E-state index contributed by atoms with van der Waals surface area (Å²) in [6, 6.07) is 15.7. The summed E-state index contributed by atoms with van der Waals surface area (Å²) in [4.78, 5) is 22.3. The fourth-order valence-corrected chi connectivity index (χ4v) is 3.86. The van der Waals surface area contributed by atoms with Crippen LogP contribution in [0.15, 0.2) is 48.5 Å². The van der Waals surface area contributed by atoms with E-state index in [0.717, 1.165) is 29.9 Å². The molecule has 1 aromatic heterocycles. The van der Waals surface area contributed by atoms with E-state index in [2.05, 4.69) is 30.5 Å². The van der Waals surface area contributed by atoms with Gasteiger partial charge in [0.05, 0.1) is 24.1 Å². The molecule has 2 N–H and O–H groups in total. The maximum atomic E-state index is 12.9. The maximum Gasteiger partial charge on any atom is 0.229 e. The molecule has 6 nitrogen and oxygen atoms in total. The van der Waals surface area contributed by atoms with Crippen LogP contribution in [0.3, 0.4) is 0 Å². The molecular formula is C24H26N4O2. The predicted octanol–water partition coefficient (Wildman–Crippen LogP) is 5.30. The lowest BCUT2D eigenvalue weighted by Crippen LogP contribution is -2.22. The quantitative estimate of drug-likeness (QED) is 0.583. The number of benzene rings is 2. The Labute approximate surface area is 176 Å². The monoisotopic (exact) mass is 402 g/mol. The van der Waals surface area contributed by atoms with Crippen LogP contribution in [0.25, 0.3) is 0 Å². The first-order valence-electron chi connectivity index (χ1n) is 10.3. The molecule has 0 aliphatic heterocycles. The molecule has 1 atom stereocenters. The normalized spacial score (nSPS) is 15.4. The van der Waals surface area contributed by atoms with Crippen LogP contribution in [0, 0.1) is 5.92 Å². The number of aryl methyl sites for hydroxylation is 1. The highest BCUT2D eigenvalue weighted by Gasteiger charge is 2.28. The number of rotatable bonds is 6. The third-order valence-electron chi connectivity index (χ3n) is 5.34. The first kappa shape index (κ1) is 19.9. The fourth-order valence-electron chi connectivity index (χ4n) is 3.86. The van der Waals surface area contributed by atoms with Gasteiger partial charge in [-0.2, -0.15) is 4.98 Å². The van der Waals surface area contributed by atoms with Crippen molar-refractivity contribution >= 4 is 28.9 Å². The van der Waals surface area contributed by atoms with Crippen molar-refractivity contribution in [3.05, 3.63) is 65.4 Å². The molecule has 1 aliphatic rings. The van der Waals surface area contributed by atoms with Crippen LogP contribution in [0.2, 0.25) is 0 Å². The summed E-state index contributed by atoms with van der Waals surface area (Å²) in [7, 11) is 1.63. The Kier molecular flexibility index (Phi) is 5.65. The van der Waals surface area contributed by atoms with Gasteiger partial charge in [-0.25, -0.2) is 4.98 Å². The molecule has 30 heavy (non-hydrogen) atoms. The molecule has 2 aromatic carbocycles. The number of Topliss-reactive ketones (excluding diaryl/α,β-unsaturated/α-hetero) is 1. The standard InChI is InChI=1S/C24H26N4O2/c1-4-16-9-5-6-10-17(16)25-23-22-19(13-15(2)14-20(22)29)27-24(28-23)26-18-11-7-8-12-21(18)30-3/h5-12,15H,4,13-14H2,1-3H3,(H2,25,26,27,28). The zero-order valence-corrected chi connectivity index (χ0v) is 17.5. The topological polar surface area (TPSA) is 76.1 Å². The van der Waals surface area contributed by atoms with Gasteiger partial charge in [0, 0.05) is 12.1 Å². The van der Waals surface area contributed by atoms with Gasteiger partial charge in [0.1, 0.15) is 11.6 Å². The van der Waals surface area contributed by atoms with Crippen LogP contribution in [0.1, 0.15) is 41.9 Å². The van der Waals surface area contributed by atoms with Crippen molar-refractivity contribution < 1.29 is 9.53 Å². The molecule has 1 heterocycles. The summed E-state index contributed by atoms with van der Waals surface area (Å²) in [5, 5.41) is 6.67. The zero-order chi connectivity index (χ0) is 21.1. The number of ether oxygens (including phenoxy) is 1. The molecule has 1 unspecified atom stereocenters. The van der Waals surface area contributed by atoms with E-state index in [9.17, 15) is 4.79 Å². The molecule has 6 heteroatoms. The van der Waals surface area contributed by atoms with Crippen molar-refractivity contribution in [2.24, 2.45) is 5.92 Å². The van der Waals surface area contributed by atoms with Crippen LogP contribution in [-0.2, 0) is 12.8 Å². The van der Waals surface area contributed by atoms with E-state index >= 15 is 0 Å². The second kappa shape index (κ2) is 8.53. The number of aromatic nitrogens is 2. The van der Waals surface area contributed by atoms with Crippen molar-refractivity contribution in [2.45, 2.75) is 33.1 Å². The van der Waals surface area contributed by atoms with Gasteiger partial charge in [-0.3, -0.25) is 4.79 Å². The third kappa shape index (κ3) is 3.99. The number of ketones is 1. The number of carbonyl (C=O) groups excluding carboxylic acids is 1. The minimum atomic E-state index is 0.0871. The molecule has 0 saturated carbocycles. The molecule has 1 aliphatic carbocycles. The highest BCUT2D eigenvalue weighted by atomic mass is 16.5. The van der Waals surface area contributed by atoms with E-state index in [1.54, 1.807) is 7.11 Å². The molecule has 3 aromatic rings. The van der Waals surface area contributed by atoms with Crippen molar-refractivity contribution in [1.82, 2.24) is 9.97 Å². The first-order chi connectivity index (χ1) is 14.6. The third-order valence-corrected chi connectivity index (χ3v) is 5.34. The number of para-hydroxylation sites is 3. The fraction of sp³-hybridized carbons (Fsp3) is 0.292. The average molecular weight is 402 g/mol. The summed E-state index contributed by atoms with van der Waals surface area (Å²) in [5.74, 6) is 2.04. The Bertz CT molecular complexity index is 1080. The Morgan fingerprint density at radius 3 is 2.50 bits per heavy atom. The SMILES string of the molecule is CCc1ccccc1Nc1nc(Nc2ccccc2OC)nc2c1C(=O)CC(C)C2. The highest BCUT2D eigenvalue weighted by Crippen LogP contribution is 2.33. The lowest BCUT2D eigenvalue weighted by molar-refractivity contribution is 0.0953. The largest absolute Gasteiger partial charge is 0.495 e. The lowest BCUT2D eigenvalue weighted by atomic mass is 9.87. The molecule has 0 saturated heterocycles. The van der Waals surface area contributed by atoms with Crippen molar-refractivity contribution in [1.29, 1.82) is 0 Å². The predicted molar refractivity (Wildman–Crippen MR) is 119 cm³/mol. The minimum Gasteiger partial charge on any atom is -0.495 e. The molecule has 154 valence electrons. The molecular weight excluding hydrogens is 376 g/mol. The Balaban J connectivity index is 1.78. The Morgan fingerprint density at radius 2 is 1.73 bits per heavy atom. The van der Waals surface area contributed by atoms with E-state index in [4.69, 9.17) is 14.7 Å². The van der Waals surface area contributed by atoms with Crippen LogP contribution >= 0.6 is 0 Å². The van der Waals surface area contributed by atoms with Crippen molar-refractivity contribution in [3.63, 3.8) is 0 Å². The van der Waals surface area contributed by atoms with E-state index in [-0.39, 0.29) is 11.7 Å². The van der Waals surface area contributed by atoms with Gasteiger partial charge in [-0.15, -0.1) is 0 Å². The van der Waals surface area contributed by atoms with Crippen LogP contribution < -0.4 is 15.4 Å². The van der Waals surface area contributed by atoms with Gasteiger partial charge in [0.25, 0.3) is 0 Å². The first-order valence-corrected chi connectivity index (χ1v) is 10.3. The van der Waals surface area contributed by atoms with E-state index in [1.807, 2.05) is 42.5 Å². The zero-order valence-electron chi connectivity index (χ0n) is 17.5. The molecule has 4 rings (SSSR count). The summed E-state index contributed by atoms with van der Waals surface area (Å²) in [5.41, 5.74) is 4.28. The lowest BCUT2D eigenvalue weighted by Gasteiger charge is -2.23. The second-order valence-electron chi connectivity index (χ2n) is 7.62. The van der Waals surface area contributed by atoms with Crippen molar-refractivity contribution in [3.8, 4) is 5.75 Å². The van der Waals surface area contributed by atoms with E-state index in [0.29, 0.717) is 29.5 Å². The summed E-state index contributed by atoms with van der Waals surface area (Å²) in [6.07, 6.45) is 2.14. The van der Waals surface area contributed by atoms with Gasteiger partial charge >= 0.3 is 0 Å². The number of nitrogens with one attached hydrogen (secondary N) is 2. The number of anilines is 4. The Morgan fingerprint density at radius 1 is 1.00 bits per heavy atom. The summed E-state index contributed by atoms with van der Waals surface area (Å²) < 4.78 is 5.43. The van der Waals surface area contributed by atoms with Gasteiger partial charge in [0.2, 0.25) is 5.95 Å². The van der Waals surface area contributed by atoms with Gasteiger partial charge in [-0.1, -0.05) is 44.2 Å². The molecule has 0 bridgehead atoms. The number of fused-ring (bicyclic) bond motifs is 1. The average Bonchev–Trinajstić information content (AvgIpc) is 2.74. The number of hydrogen-bond acceptors (Lipinski definition) is 6. The van der Waals surface area contributed by atoms with Gasteiger partial charge in [-0.05, 0) is 42.5 Å². The number of methoxy groups -OCH3 is 1. The smallest absolute Gasteiger partial charge is 0.229 e. The molecule has 0 fully saturated rings. The van der Waals surface area contributed by atoms with Crippen LogP contribution in [0.5, 0.6) is 5.75 Å². The maximum absolute atomic E-state index is 12.9. The minimum absolute atomic E-state index is 0.0871. The van der Waals surface area contributed by atoms with Gasteiger partial charge in [0.15, 0.2) is 5.78 Å². The van der Waals surface area contributed by atoms with Gasteiger partial charge < -0.3 is 15.4 Å². The number of carbonyl (C=O) groups is 1. The number of nitrogens with zero attached hydrogens (tertiary/aromatic N) is 2.